The van der Waals surface area contributed by atoms with Gasteiger partial charge in [-0.2, -0.15) is 13.2 Å². The van der Waals surface area contributed by atoms with Crippen LogP contribution in [0.1, 0.15) is 44.4 Å². The molecule has 0 aliphatic heterocycles. The Hall–Kier alpha value is -1.62. The highest BCUT2D eigenvalue weighted by molar-refractivity contribution is 5.79. The van der Waals surface area contributed by atoms with Crippen molar-refractivity contribution in [1.82, 2.24) is 4.98 Å². The number of rotatable bonds is 3. The molecule has 1 aromatic rings. The van der Waals surface area contributed by atoms with Gasteiger partial charge in [0.1, 0.15) is 0 Å². The lowest BCUT2D eigenvalue weighted by Crippen LogP contribution is -2.32. The maximum Gasteiger partial charge on any atom is 0.418 e. The number of nitrogens with two attached hydrogens (primary N) is 1. The van der Waals surface area contributed by atoms with Crippen LogP contribution in [0.2, 0.25) is 0 Å². The average molecular weight is 324 g/mol. The molecule has 1 aliphatic rings. The number of hydrogen-bond donors (Lipinski definition) is 1. The van der Waals surface area contributed by atoms with Crippen molar-refractivity contribution in [2.24, 2.45) is 17.6 Å². The minimum atomic E-state index is -4.44. The molecule has 0 amide bonds. The molecule has 0 saturated heterocycles. The number of nitrogens with zero attached hydrogens (tertiary/aromatic N) is 1. The molecule has 0 unspecified atom stereocenters. The van der Waals surface area contributed by atoms with E-state index < -0.39 is 11.7 Å². The number of aromatic nitrogens is 1. The normalized spacial score (nSPS) is 26.2. The Labute approximate surface area is 135 Å². The molecule has 1 aromatic heterocycles. The van der Waals surface area contributed by atoms with Gasteiger partial charge < -0.3 is 5.73 Å². The van der Waals surface area contributed by atoms with Crippen molar-refractivity contribution in [3.63, 3.8) is 0 Å². The van der Waals surface area contributed by atoms with Crippen molar-refractivity contribution >= 4 is 11.1 Å². The summed E-state index contributed by atoms with van der Waals surface area (Å²) < 4.78 is 39.8. The molecule has 1 saturated carbocycles. The van der Waals surface area contributed by atoms with Crippen molar-refractivity contribution in [1.29, 1.82) is 0 Å². The van der Waals surface area contributed by atoms with Crippen LogP contribution in [0.3, 0.4) is 0 Å². The summed E-state index contributed by atoms with van der Waals surface area (Å²) in [6.07, 6.45) is 0.623. The molecular weight excluding hydrogens is 301 g/mol. The molecule has 2 nitrogen and oxygen atoms in total. The van der Waals surface area contributed by atoms with Crippen molar-refractivity contribution in [3.8, 4) is 0 Å². The van der Waals surface area contributed by atoms with E-state index in [2.05, 4.69) is 18.5 Å². The maximum absolute atomic E-state index is 13.3. The second kappa shape index (κ2) is 6.87. The van der Waals surface area contributed by atoms with Gasteiger partial charge in [0.25, 0.3) is 0 Å². The van der Waals surface area contributed by atoms with E-state index in [9.17, 15) is 13.2 Å². The molecule has 2 N–H and O–H groups in total. The molecule has 1 aliphatic carbocycles. The first-order valence-corrected chi connectivity index (χ1v) is 7.87. The molecule has 1 fully saturated rings. The van der Waals surface area contributed by atoms with E-state index in [4.69, 9.17) is 5.73 Å². The number of hydrogen-bond acceptors (Lipinski definition) is 2. The largest absolute Gasteiger partial charge is 0.418 e. The molecule has 0 aromatic carbocycles. The Kier molecular flexibility index (Phi) is 5.30. The van der Waals surface area contributed by atoms with Gasteiger partial charge in [0.15, 0.2) is 0 Å². The van der Waals surface area contributed by atoms with Gasteiger partial charge in [-0.1, -0.05) is 25.6 Å². The fraction of sp³-hybridized carbons (Fsp3) is 0.500. The van der Waals surface area contributed by atoms with Crippen LogP contribution in [0.25, 0.3) is 11.1 Å². The summed E-state index contributed by atoms with van der Waals surface area (Å²) in [5.74, 6) is 0.549. The lowest BCUT2D eigenvalue weighted by Gasteiger charge is -2.33. The first-order chi connectivity index (χ1) is 10.7. The average Bonchev–Trinajstić information content (AvgIpc) is 2.45. The molecule has 23 heavy (non-hydrogen) atoms. The quantitative estimate of drug-likeness (QED) is 0.865. The van der Waals surface area contributed by atoms with Crippen LogP contribution in [0.15, 0.2) is 31.0 Å². The van der Waals surface area contributed by atoms with Crippen LogP contribution in [-0.4, -0.2) is 17.2 Å². The highest BCUT2D eigenvalue weighted by atomic mass is 19.4. The molecule has 2 rings (SSSR count). The van der Waals surface area contributed by atoms with Crippen LogP contribution in [0.5, 0.6) is 0 Å². The molecule has 1 heterocycles. The highest BCUT2D eigenvalue weighted by Gasteiger charge is 2.37. The minimum Gasteiger partial charge on any atom is -0.328 e. The van der Waals surface area contributed by atoms with E-state index in [-0.39, 0.29) is 17.7 Å². The summed E-state index contributed by atoms with van der Waals surface area (Å²) in [6.45, 7) is 7.59. The zero-order valence-electron chi connectivity index (χ0n) is 13.5. The Bertz CT molecular complexity index is 595. The summed E-state index contributed by atoms with van der Waals surface area (Å²) in [5, 5.41) is 0. The third-order valence-corrected chi connectivity index (χ3v) is 4.47. The predicted molar refractivity (Wildman–Crippen MR) is 87.5 cm³/mol. The zero-order valence-corrected chi connectivity index (χ0v) is 13.5. The molecule has 0 bridgehead atoms. The lowest BCUT2D eigenvalue weighted by molar-refractivity contribution is -0.0692. The third kappa shape index (κ3) is 4.02. The van der Waals surface area contributed by atoms with Gasteiger partial charge in [-0.05, 0) is 49.7 Å². The van der Waals surface area contributed by atoms with Crippen molar-refractivity contribution in [3.05, 3.63) is 42.2 Å². The fourth-order valence-corrected chi connectivity index (χ4v) is 3.47. The van der Waals surface area contributed by atoms with Crippen LogP contribution in [0, 0.1) is 11.8 Å². The van der Waals surface area contributed by atoms with E-state index in [1.807, 2.05) is 0 Å². The van der Waals surface area contributed by atoms with Gasteiger partial charge in [0.2, 0.25) is 0 Å². The maximum atomic E-state index is 13.3. The van der Waals surface area contributed by atoms with Crippen molar-refractivity contribution in [2.75, 3.05) is 0 Å². The van der Waals surface area contributed by atoms with E-state index in [1.54, 1.807) is 12.1 Å². The molecule has 126 valence electrons. The Morgan fingerprint density at radius 3 is 2.61 bits per heavy atom. The summed E-state index contributed by atoms with van der Waals surface area (Å²) >= 11 is 0. The number of allylic oxidation sites excluding steroid dienone is 3. The van der Waals surface area contributed by atoms with Crippen molar-refractivity contribution in [2.45, 2.75) is 45.3 Å². The molecule has 0 spiro atoms. The third-order valence-electron chi connectivity index (χ3n) is 4.47. The van der Waals surface area contributed by atoms with Crippen LogP contribution in [0.4, 0.5) is 13.2 Å². The topological polar surface area (TPSA) is 38.9 Å². The lowest BCUT2D eigenvalue weighted by atomic mass is 9.74. The molecule has 0 radical (unpaired) electrons. The monoisotopic (exact) mass is 324 g/mol. The Morgan fingerprint density at radius 1 is 1.35 bits per heavy atom. The first kappa shape index (κ1) is 17.7. The molecular formula is C18H23F3N2. The Balaban J connectivity index is 2.39. The van der Waals surface area contributed by atoms with Gasteiger partial charge in [0.05, 0.1) is 11.3 Å². The van der Waals surface area contributed by atoms with Crippen LogP contribution in [-0.2, 0) is 0 Å². The van der Waals surface area contributed by atoms with E-state index in [0.29, 0.717) is 17.1 Å². The molecule has 5 heteroatoms. The number of pyridine rings is 1. The standard InChI is InChI=1S/C18H23F3N2/c1-4-16(18(19,20)21)17-15(6-5-7-23-17)12(3)13-8-11(2)9-14(22)10-13/h4-7,11,13-14H,3,8-10,22H2,1-2H3/b16-4+/t11-,13+,14-/m1/s1. The number of alkyl halides is 3. The molecule has 3 atom stereocenters. The predicted octanol–water partition coefficient (Wildman–Crippen LogP) is 4.82. The fourth-order valence-electron chi connectivity index (χ4n) is 3.47. The van der Waals surface area contributed by atoms with Gasteiger partial charge >= 0.3 is 6.18 Å². The summed E-state index contributed by atoms with van der Waals surface area (Å²) in [5.41, 5.74) is 6.50. The summed E-state index contributed by atoms with van der Waals surface area (Å²) in [7, 11) is 0. The van der Waals surface area contributed by atoms with E-state index in [1.165, 1.54) is 13.1 Å². The first-order valence-electron chi connectivity index (χ1n) is 7.87. The van der Waals surface area contributed by atoms with E-state index in [0.717, 1.165) is 25.3 Å². The van der Waals surface area contributed by atoms with Gasteiger partial charge in [-0.3, -0.25) is 4.98 Å². The zero-order chi connectivity index (χ0) is 17.2. The van der Waals surface area contributed by atoms with E-state index >= 15 is 0 Å². The number of halogens is 3. The highest BCUT2D eigenvalue weighted by Crippen LogP contribution is 2.41. The summed E-state index contributed by atoms with van der Waals surface area (Å²) in [4.78, 5) is 3.99. The Morgan fingerprint density at radius 2 is 2.04 bits per heavy atom. The van der Waals surface area contributed by atoms with Crippen LogP contribution < -0.4 is 5.73 Å². The second-order valence-electron chi connectivity index (χ2n) is 6.39. The van der Waals surface area contributed by atoms with Gasteiger partial charge in [0, 0.05) is 17.8 Å². The van der Waals surface area contributed by atoms with Crippen molar-refractivity contribution < 1.29 is 13.2 Å². The van der Waals surface area contributed by atoms with Gasteiger partial charge in [-0.15, -0.1) is 0 Å². The minimum absolute atomic E-state index is 0.0423. The smallest absolute Gasteiger partial charge is 0.328 e. The van der Waals surface area contributed by atoms with Gasteiger partial charge in [-0.25, -0.2) is 0 Å². The SMILES string of the molecule is C=C(c1cccnc1/C(=C\C)C(F)(F)F)[C@H]1C[C@@H](C)C[C@@H](N)C1. The summed E-state index contributed by atoms with van der Waals surface area (Å²) in [6, 6.07) is 3.40. The second-order valence-corrected chi connectivity index (χ2v) is 6.39. The van der Waals surface area contributed by atoms with Crippen LogP contribution >= 0.6 is 0 Å².